The number of Topliss-reactive ketones (excluding diaryl/α,β-unsaturated/α-hetero) is 1. The number of ketones is 1. The van der Waals surface area contributed by atoms with Crippen LogP contribution in [0, 0.1) is 11.8 Å². The van der Waals surface area contributed by atoms with E-state index in [-0.39, 0.29) is 18.6 Å². The number of hydrogen-bond donors (Lipinski definition) is 0. The van der Waals surface area contributed by atoms with Gasteiger partial charge in [0, 0.05) is 12.3 Å². The average Bonchev–Trinajstić information content (AvgIpc) is 2.27. The first-order valence-electron chi connectivity index (χ1n) is 6.12. The van der Waals surface area contributed by atoms with E-state index >= 15 is 0 Å². The molecule has 0 aromatic heterocycles. The van der Waals surface area contributed by atoms with Crippen LogP contribution in [-0.2, 0) is 4.79 Å². The fraction of sp³-hybridized carbons (Fsp3) is 0.769. The lowest BCUT2D eigenvalue weighted by Crippen LogP contribution is -2.37. The van der Waals surface area contributed by atoms with Gasteiger partial charge in [0.2, 0.25) is 0 Å². The monoisotopic (exact) mass is 248 g/mol. The highest BCUT2D eigenvalue weighted by Crippen LogP contribution is 2.42. The lowest BCUT2D eigenvalue weighted by molar-refractivity contribution is -0.197. The van der Waals surface area contributed by atoms with E-state index < -0.39 is 18.0 Å². The predicted molar refractivity (Wildman–Crippen MR) is 60.6 cm³/mol. The summed E-state index contributed by atoms with van der Waals surface area (Å²) in [5.74, 6) is -2.56. The second kappa shape index (κ2) is 5.69. The molecule has 0 aromatic carbocycles. The Morgan fingerprint density at radius 1 is 1.29 bits per heavy atom. The first-order chi connectivity index (χ1) is 7.86. The van der Waals surface area contributed by atoms with Crippen LogP contribution < -0.4 is 0 Å². The highest BCUT2D eigenvalue weighted by molar-refractivity contribution is 5.83. The van der Waals surface area contributed by atoms with E-state index in [2.05, 4.69) is 6.58 Å². The van der Waals surface area contributed by atoms with Crippen molar-refractivity contribution in [1.29, 1.82) is 0 Å². The molecule has 0 heterocycles. The van der Waals surface area contributed by atoms with E-state index in [9.17, 15) is 18.0 Å². The van der Waals surface area contributed by atoms with Crippen molar-refractivity contribution in [3.63, 3.8) is 0 Å². The number of halogens is 3. The Labute approximate surface area is 100 Å². The third kappa shape index (κ3) is 3.86. The van der Waals surface area contributed by atoms with Crippen molar-refractivity contribution in [3.05, 3.63) is 12.2 Å². The van der Waals surface area contributed by atoms with Gasteiger partial charge in [0.15, 0.2) is 0 Å². The van der Waals surface area contributed by atoms with Gasteiger partial charge in [0.25, 0.3) is 0 Å². The standard InChI is InChI=1S/C13H19F3O/c1-3-9(2)8-12(17)10-6-4-5-7-11(10)13(14,15)16/h10-11H,2-8H2,1H3. The number of rotatable bonds is 4. The zero-order valence-electron chi connectivity index (χ0n) is 10.1. The molecule has 1 saturated carbocycles. The van der Waals surface area contributed by atoms with E-state index in [4.69, 9.17) is 0 Å². The molecule has 0 radical (unpaired) electrons. The Kier molecular flexibility index (Phi) is 4.78. The van der Waals surface area contributed by atoms with Gasteiger partial charge in [-0.25, -0.2) is 0 Å². The molecule has 0 aromatic rings. The zero-order valence-corrected chi connectivity index (χ0v) is 10.1. The summed E-state index contributed by atoms with van der Waals surface area (Å²) in [6, 6.07) is 0. The molecule has 1 nitrogen and oxygen atoms in total. The maximum Gasteiger partial charge on any atom is 0.392 e. The quantitative estimate of drug-likeness (QED) is 0.679. The molecule has 17 heavy (non-hydrogen) atoms. The summed E-state index contributed by atoms with van der Waals surface area (Å²) in [5.41, 5.74) is 0.724. The fourth-order valence-electron chi connectivity index (χ4n) is 2.41. The van der Waals surface area contributed by atoms with E-state index in [1.165, 1.54) is 0 Å². The predicted octanol–water partition coefficient (Wildman–Crippen LogP) is 4.28. The summed E-state index contributed by atoms with van der Waals surface area (Å²) in [7, 11) is 0. The second-order valence-corrected chi connectivity index (χ2v) is 4.79. The minimum atomic E-state index is -4.24. The van der Waals surface area contributed by atoms with Crippen molar-refractivity contribution in [2.75, 3.05) is 0 Å². The van der Waals surface area contributed by atoms with E-state index in [0.29, 0.717) is 19.3 Å². The first-order valence-corrected chi connectivity index (χ1v) is 6.12. The largest absolute Gasteiger partial charge is 0.392 e. The van der Waals surface area contributed by atoms with E-state index in [1.54, 1.807) is 0 Å². The lowest BCUT2D eigenvalue weighted by Gasteiger charge is -2.32. The molecule has 4 heteroatoms. The summed E-state index contributed by atoms with van der Waals surface area (Å²) < 4.78 is 38.4. The van der Waals surface area contributed by atoms with Crippen molar-refractivity contribution >= 4 is 5.78 Å². The number of alkyl halides is 3. The normalized spacial score (nSPS) is 25.6. The zero-order chi connectivity index (χ0) is 13.1. The third-order valence-electron chi connectivity index (χ3n) is 3.52. The van der Waals surface area contributed by atoms with Crippen LogP contribution in [0.4, 0.5) is 13.2 Å². The van der Waals surface area contributed by atoms with E-state index in [0.717, 1.165) is 12.0 Å². The molecule has 1 aliphatic rings. The number of carbonyl (C=O) groups is 1. The lowest BCUT2D eigenvalue weighted by atomic mass is 9.75. The number of hydrogen-bond acceptors (Lipinski definition) is 1. The molecule has 0 saturated heterocycles. The average molecular weight is 248 g/mol. The highest BCUT2D eigenvalue weighted by atomic mass is 19.4. The maximum absolute atomic E-state index is 12.8. The smallest absolute Gasteiger partial charge is 0.299 e. The highest BCUT2D eigenvalue weighted by Gasteiger charge is 2.47. The Balaban J connectivity index is 2.71. The van der Waals surface area contributed by atoms with Gasteiger partial charge < -0.3 is 0 Å². The van der Waals surface area contributed by atoms with Gasteiger partial charge >= 0.3 is 6.18 Å². The Hall–Kier alpha value is -0.800. The van der Waals surface area contributed by atoms with Crippen molar-refractivity contribution < 1.29 is 18.0 Å². The molecule has 0 N–H and O–H groups in total. The molecule has 0 spiro atoms. The topological polar surface area (TPSA) is 17.1 Å². The molecular formula is C13H19F3O. The van der Waals surface area contributed by atoms with Gasteiger partial charge in [-0.3, -0.25) is 4.79 Å². The van der Waals surface area contributed by atoms with Crippen LogP contribution in [0.25, 0.3) is 0 Å². The molecule has 0 bridgehead atoms. The summed E-state index contributed by atoms with van der Waals surface area (Å²) in [6.45, 7) is 5.55. The van der Waals surface area contributed by atoms with Crippen molar-refractivity contribution in [2.45, 2.75) is 51.6 Å². The van der Waals surface area contributed by atoms with Gasteiger partial charge in [-0.1, -0.05) is 31.9 Å². The van der Waals surface area contributed by atoms with Crippen LogP contribution in [0.5, 0.6) is 0 Å². The van der Waals surface area contributed by atoms with Gasteiger partial charge in [0.1, 0.15) is 5.78 Å². The van der Waals surface area contributed by atoms with E-state index in [1.807, 2.05) is 6.92 Å². The van der Waals surface area contributed by atoms with Gasteiger partial charge in [-0.15, -0.1) is 0 Å². The van der Waals surface area contributed by atoms with Crippen molar-refractivity contribution in [2.24, 2.45) is 11.8 Å². The SMILES string of the molecule is C=C(CC)CC(=O)C1CCCCC1C(F)(F)F. The van der Waals surface area contributed by atoms with Crippen LogP contribution in [0.15, 0.2) is 12.2 Å². The Morgan fingerprint density at radius 3 is 2.41 bits per heavy atom. The molecule has 98 valence electrons. The third-order valence-corrected chi connectivity index (χ3v) is 3.52. The fourth-order valence-corrected chi connectivity index (χ4v) is 2.41. The molecule has 1 fully saturated rings. The minimum Gasteiger partial charge on any atom is -0.299 e. The molecule has 0 amide bonds. The maximum atomic E-state index is 12.8. The second-order valence-electron chi connectivity index (χ2n) is 4.79. The summed E-state index contributed by atoms with van der Waals surface area (Å²) >= 11 is 0. The van der Waals surface area contributed by atoms with Gasteiger partial charge in [0.05, 0.1) is 5.92 Å². The van der Waals surface area contributed by atoms with Crippen molar-refractivity contribution in [1.82, 2.24) is 0 Å². The molecule has 1 rings (SSSR count). The van der Waals surface area contributed by atoms with Crippen LogP contribution >= 0.6 is 0 Å². The van der Waals surface area contributed by atoms with Crippen molar-refractivity contribution in [3.8, 4) is 0 Å². The molecule has 1 aliphatic carbocycles. The summed E-state index contributed by atoms with van der Waals surface area (Å²) in [6.07, 6.45) is -1.72. The van der Waals surface area contributed by atoms with Gasteiger partial charge in [-0.05, 0) is 19.3 Å². The minimum absolute atomic E-state index is 0.0957. The molecule has 2 atom stereocenters. The van der Waals surface area contributed by atoms with Crippen LogP contribution in [0.3, 0.4) is 0 Å². The van der Waals surface area contributed by atoms with Gasteiger partial charge in [-0.2, -0.15) is 13.2 Å². The Morgan fingerprint density at radius 2 is 1.88 bits per heavy atom. The van der Waals surface area contributed by atoms with Crippen LogP contribution in [0.2, 0.25) is 0 Å². The molecule has 2 unspecified atom stereocenters. The molecule has 0 aliphatic heterocycles. The summed E-state index contributed by atoms with van der Waals surface area (Å²) in [5, 5.41) is 0. The number of allylic oxidation sites excluding steroid dienone is 1. The Bertz CT molecular complexity index is 294. The first kappa shape index (κ1) is 14.3. The van der Waals surface area contributed by atoms with Crippen LogP contribution in [-0.4, -0.2) is 12.0 Å². The molecular weight excluding hydrogens is 229 g/mol. The summed E-state index contributed by atoms with van der Waals surface area (Å²) in [4.78, 5) is 11.9. The number of carbonyl (C=O) groups excluding carboxylic acids is 1. The van der Waals surface area contributed by atoms with Crippen LogP contribution in [0.1, 0.15) is 45.4 Å².